The van der Waals surface area contributed by atoms with E-state index < -0.39 is 29.7 Å². The van der Waals surface area contributed by atoms with Crippen LogP contribution in [0.5, 0.6) is 0 Å². The molecule has 0 fully saturated rings. The molecule has 0 bridgehead atoms. The molecule has 7 nitrogen and oxygen atoms in total. The Morgan fingerprint density at radius 2 is 1.68 bits per heavy atom. The zero-order valence-electron chi connectivity index (χ0n) is 23.4. The van der Waals surface area contributed by atoms with Crippen molar-refractivity contribution in [3.63, 3.8) is 0 Å². The van der Waals surface area contributed by atoms with Crippen molar-refractivity contribution in [3.05, 3.63) is 81.9 Å². The Hall–Kier alpha value is -3.21. The van der Waals surface area contributed by atoms with Gasteiger partial charge in [-0.2, -0.15) is 0 Å². The zero-order chi connectivity index (χ0) is 29.3. The Labute approximate surface area is 238 Å². The monoisotopic (exact) mass is 572 g/mol. The Morgan fingerprint density at radius 1 is 1.00 bits per heavy atom. The number of benzene rings is 2. The SMILES string of the molecule is CCc1cccc(CNCC(O)C(Cc2cc(F)cc(F)c2)NC(=O)CCC(=O)Nc2nc(C(C)(C)C)cs2)c1. The summed E-state index contributed by atoms with van der Waals surface area (Å²) in [4.78, 5) is 29.6. The molecule has 3 rings (SSSR count). The van der Waals surface area contributed by atoms with Crippen LogP contribution in [0.1, 0.15) is 62.9 Å². The standard InChI is InChI=1S/C30H38F2N4O3S/c1-5-19-7-6-8-20(11-19)16-33-17-25(37)24(14-21-12-22(31)15-23(32)13-21)34-27(38)9-10-28(39)36-29-35-26(18-40-29)30(2,3)4/h6-8,11-13,15,18,24-25,33,37H,5,9-10,14,16-17H2,1-4H3,(H,34,38)(H,35,36,39). The van der Waals surface area contributed by atoms with Crippen LogP contribution in [-0.4, -0.2) is 40.6 Å². The average molecular weight is 573 g/mol. The van der Waals surface area contributed by atoms with Gasteiger partial charge in [0.1, 0.15) is 11.6 Å². The lowest BCUT2D eigenvalue weighted by Gasteiger charge is -2.25. The molecule has 1 heterocycles. The number of nitrogens with zero attached hydrogens (tertiary/aromatic N) is 1. The highest BCUT2D eigenvalue weighted by molar-refractivity contribution is 7.13. The minimum atomic E-state index is -1.05. The summed E-state index contributed by atoms with van der Waals surface area (Å²) in [5.74, 6) is -2.29. The molecule has 0 radical (unpaired) electrons. The first-order chi connectivity index (χ1) is 18.9. The first kappa shape index (κ1) is 31.3. The summed E-state index contributed by atoms with van der Waals surface area (Å²) in [7, 11) is 0. The van der Waals surface area contributed by atoms with Crippen molar-refractivity contribution >= 4 is 28.3 Å². The van der Waals surface area contributed by atoms with Crippen molar-refractivity contribution in [2.45, 2.75) is 77.5 Å². The molecule has 0 saturated carbocycles. The predicted molar refractivity (Wildman–Crippen MR) is 154 cm³/mol. The van der Waals surface area contributed by atoms with Gasteiger partial charge in [-0.25, -0.2) is 13.8 Å². The molecule has 10 heteroatoms. The Balaban J connectivity index is 1.58. The third kappa shape index (κ3) is 10.1. The van der Waals surface area contributed by atoms with Crippen molar-refractivity contribution in [3.8, 4) is 0 Å². The first-order valence-electron chi connectivity index (χ1n) is 13.4. The highest BCUT2D eigenvalue weighted by atomic mass is 32.1. The second-order valence-corrected chi connectivity index (χ2v) is 11.7. The molecule has 0 saturated heterocycles. The summed E-state index contributed by atoms with van der Waals surface area (Å²) in [6.07, 6.45) is -0.338. The van der Waals surface area contributed by atoms with E-state index in [4.69, 9.17) is 0 Å². The van der Waals surface area contributed by atoms with Gasteiger partial charge < -0.3 is 21.1 Å². The maximum atomic E-state index is 13.8. The van der Waals surface area contributed by atoms with Crippen molar-refractivity contribution in [2.24, 2.45) is 0 Å². The van der Waals surface area contributed by atoms with E-state index in [2.05, 4.69) is 33.9 Å². The van der Waals surface area contributed by atoms with E-state index in [1.807, 2.05) is 44.4 Å². The van der Waals surface area contributed by atoms with E-state index in [0.29, 0.717) is 17.2 Å². The summed E-state index contributed by atoms with van der Waals surface area (Å²) in [6, 6.07) is 10.4. The Bertz CT molecular complexity index is 1270. The van der Waals surface area contributed by atoms with Gasteiger partial charge in [0, 0.05) is 42.8 Å². The second kappa shape index (κ2) is 14.4. The summed E-state index contributed by atoms with van der Waals surface area (Å²) in [6.45, 7) is 8.80. The largest absolute Gasteiger partial charge is 0.390 e. The number of halogens is 2. The maximum Gasteiger partial charge on any atom is 0.226 e. The zero-order valence-corrected chi connectivity index (χ0v) is 24.2. The van der Waals surface area contributed by atoms with Crippen LogP contribution in [0.25, 0.3) is 0 Å². The Kier molecular flexibility index (Phi) is 11.3. The topological polar surface area (TPSA) is 103 Å². The van der Waals surface area contributed by atoms with E-state index in [0.717, 1.165) is 23.7 Å². The third-order valence-corrected chi connectivity index (χ3v) is 7.13. The molecule has 4 N–H and O–H groups in total. The molecule has 0 spiro atoms. The normalized spacial score (nSPS) is 13.1. The molecular formula is C30H38F2N4O3S. The number of rotatable bonds is 13. The molecule has 2 amide bonds. The van der Waals surface area contributed by atoms with Crippen LogP contribution >= 0.6 is 11.3 Å². The van der Waals surface area contributed by atoms with Crippen molar-refractivity contribution in [1.29, 1.82) is 0 Å². The van der Waals surface area contributed by atoms with Crippen molar-refractivity contribution in [1.82, 2.24) is 15.6 Å². The number of hydrogen-bond acceptors (Lipinski definition) is 6. The molecule has 1 aromatic heterocycles. The fourth-order valence-corrected chi connectivity index (χ4v) is 5.05. The number of carbonyl (C=O) groups excluding carboxylic acids is 2. The Morgan fingerprint density at radius 3 is 2.33 bits per heavy atom. The van der Waals surface area contributed by atoms with Gasteiger partial charge in [-0.05, 0) is 41.7 Å². The van der Waals surface area contributed by atoms with Crippen molar-refractivity contribution < 1.29 is 23.5 Å². The molecular weight excluding hydrogens is 534 g/mol. The molecule has 2 atom stereocenters. The summed E-state index contributed by atoms with van der Waals surface area (Å²) in [5.41, 5.74) is 3.28. The lowest BCUT2D eigenvalue weighted by molar-refractivity contribution is -0.125. The van der Waals surface area contributed by atoms with Gasteiger partial charge in [0.2, 0.25) is 11.8 Å². The predicted octanol–water partition coefficient (Wildman–Crippen LogP) is 4.88. The molecule has 2 aromatic carbocycles. The van der Waals surface area contributed by atoms with E-state index in [-0.39, 0.29) is 37.1 Å². The quantitative estimate of drug-likeness (QED) is 0.234. The highest BCUT2D eigenvalue weighted by Crippen LogP contribution is 2.26. The highest BCUT2D eigenvalue weighted by Gasteiger charge is 2.23. The summed E-state index contributed by atoms with van der Waals surface area (Å²) >= 11 is 1.32. The molecule has 2 unspecified atom stereocenters. The number of thiazole rings is 1. The van der Waals surface area contributed by atoms with Crippen LogP contribution in [0, 0.1) is 11.6 Å². The number of aliphatic hydroxyl groups excluding tert-OH is 1. The number of nitrogens with one attached hydrogen (secondary N) is 3. The number of anilines is 1. The molecule has 216 valence electrons. The second-order valence-electron chi connectivity index (χ2n) is 10.9. The third-order valence-electron chi connectivity index (χ3n) is 6.37. The first-order valence-corrected chi connectivity index (χ1v) is 14.3. The van der Waals surface area contributed by atoms with Gasteiger partial charge in [0.15, 0.2) is 5.13 Å². The summed E-state index contributed by atoms with van der Waals surface area (Å²) < 4.78 is 27.6. The number of aliphatic hydroxyl groups is 1. The van der Waals surface area contributed by atoms with E-state index in [1.54, 1.807) is 0 Å². The number of aromatic nitrogens is 1. The smallest absolute Gasteiger partial charge is 0.226 e. The van der Waals surface area contributed by atoms with Gasteiger partial charge in [0.05, 0.1) is 17.8 Å². The molecule has 40 heavy (non-hydrogen) atoms. The van der Waals surface area contributed by atoms with Crippen LogP contribution in [0.3, 0.4) is 0 Å². The molecule has 0 aliphatic heterocycles. The van der Waals surface area contributed by atoms with Crippen LogP contribution in [-0.2, 0) is 34.4 Å². The maximum absolute atomic E-state index is 13.8. The molecule has 0 aliphatic rings. The lowest BCUT2D eigenvalue weighted by Crippen LogP contribution is -2.48. The fraction of sp³-hybridized carbons (Fsp3) is 0.433. The summed E-state index contributed by atoms with van der Waals surface area (Å²) in [5, 5.41) is 21.9. The van der Waals surface area contributed by atoms with E-state index in [1.165, 1.54) is 29.0 Å². The van der Waals surface area contributed by atoms with Gasteiger partial charge >= 0.3 is 0 Å². The number of carbonyl (C=O) groups is 2. The van der Waals surface area contributed by atoms with Crippen LogP contribution in [0.2, 0.25) is 0 Å². The lowest BCUT2D eigenvalue weighted by atomic mass is 9.93. The minimum absolute atomic E-state index is 0.00940. The molecule has 0 aliphatic carbocycles. The molecule has 3 aromatic rings. The van der Waals surface area contributed by atoms with Crippen LogP contribution < -0.4 is 16.0 Å². The number of amides is 2. The van der Waals surface area contributed by atoms with E-state index in [9.17, 15) is 23.5 Å². The number of hydrogen-bond donors (Lipinski definition) is 4. The number of aryl methyl sites for hydroxylation is 1. The van der Waals surface area contributed by atoms with E-state index >= 15 is 0 Å². The average Bonchev–Trinajstić information content (AvgIpc) is 3.36. The fourth-order valence-electron chi connectivity index (χ4n) is 4.10. The van der Waals surface area contributed by atoms with Gasteiger partial charge in [-0.3, -0.25) is 9.59 Å². The van der Waals surface area contributed by atoms with Crippen LogP contribution in [0.15, 0.2) is 47.8 Å². The van der Waals surface area contributed by atoms with Crippen molar-refractivity contribution in [2.75, 3.05) is 11.9 Å². The van der Waals surface area contributed by atoms with Gasteiger partial charge in [-0.15, -0.1) is 11.3 Å². The minimum Gasteiger partial charge on any atom is -0.390 e. The van der Waals surface area contributed by atoms with Crippen LogP contribution in [0.4, 0.5) is 13.9 Å². The van der Waals surface area contributed by atoms with Gasteiger partial charge in [0.25, 0.3) is 0 Å². The van der Waals surface area contributed by atoms with Gasteiger partial charge in [-0.1, -0.05) is 52.0 Å².